The maximum atomic E-state index is 5.61. The van der Waals surface area contributed by atoms with E-state index in [0.717, 1.165) is 18.2 Å². The van der Waals surface area contributed by atoms with Crippen LogP contribution in [-0.2, 0) is 0 Å². The molecule has 0 spiro atoms. The third kappa shape index (κ3) is 3.17. The molecule has 2 N–H and O–H groups in total. The van der Waals surface area contributed by atoms with Crippen LogP contribution in [0, 0.1) is 5.92 Å². The zero-order chi connectivity index (χ0) is 13.1. The number of aromatic nitrogens is 1. The molecule has 4 nitrogen and oxygen atoms in total. The molecule has 0 bridgehead atoms. The first-order valence-corrected chi connectivity index (χ1v) is 6.62. The first-order valence-electron chi connectivity index (χ1n) is 6.22. The van der Waals surface area contributed by atoms with E-state index in [9.17, 15) is 0 Å². The van der Waals surface area contributed by atoms with Crippen LogP contribution in [0.4, 0.5) is 5.69 Å². The van der Waals surface area contributed by atoms with Crippen LogP contribution >= 0.6 is 12.2 Å². The molecule has 0 saturated carbocycles. The highest BCUT2D eigenvalue weighted by molar-refractivity contribution is 7.80. The Hall–Kier alpha value is -1.20. The molecular weight excluding hydrogens is 244 g/mol. The van der Waals surface area contributed by atoms with E-state index in [1.54, 1.807) is 6.20 Å². The van der Waals surface area contributed by atoms with E-state index >= 15 is 0 Å². The number of nitrogens with zero attached hydrogens (tertiary/aromatic N) is 3. The Bertz CT molecular complexity index is 435. The molecule has 1 aliphatic heterocycles. The number of hydrogen-bond donors (Lipinski definition) is 1. The molecule has 5 heteroatoms. The number of nitrogens with two attached hydrogens (primary N) is 1. The summed E-state index contributed by atoms with van der Waals surface area (Å²) in [6.07, 6.45) is 3.04. The maximum Gasteiger partial charge on any atom is 0.122 e. The number of hydrogen-bond acceptors (Lipinski definition) is 4. The Kier molecular flexibility index (Phi) is 4.14. The van der Waals surface area contributed by atoms with Crippen LogP contribution in [-0.4, -0.2) is 48.6 Å². The Morgan fingerprint density at radius 2 is 2.44 bits per heavy atom. The first-order chi connectivity index (χ1) is 8.56. The molecule has 0 radical (unpaired) electrons. The van der Waals surface area contributed by atoms with Crippen molar-refractivity contribution in [3.05, 3.63) is 24.0 Å². The third-order valence-electron chi connectivity index (χ3n) is 3.46. The van der Waals surface area contributed by atoms with E-state index in [-0.39, 0.29) is 0 Å². The Morgan fingerprint density at radius 1 is 1.67 bits per heavy atom. The van der Waals surface area contributed by atoms with Gasteiger partial charge in [-0.1, -0.05) is 12.2 Å². The zero-order valence-corrected chi connectivity index (χ0v) is 11.8. The maximum absolute atomic E-state index is 5.61. The van der Waals surface area contributed by atoms with Gasteiger partial charge < -0.3 is 15.5 Å². The van der Waals surface area contributed by atoms with Gasteiger partial charge in [0, 0.05) is 32.0 Å². The van der Waals surface area contributed by atoms with Gasteiger partial charge >= 0.3 is 0 Å². The van der Waals surface area contributed by atoms with Crippen molar-refractivity contribution in [3.63, 3.8) is 0 Å². The molecule has 1 aliphatic rings. The number of rotatable bonds is 4. The first kappa shape index (κ1) is 13.2. The lowest BCUT2D eigenvalue weighted by molar-refractivity contribution is 0.396. The molecule has 1 atom stereocenters. The van der Waals surface area contributed by atoms with E-state index in [1.807, 2.05) is 12.1 Å². The second-order valence-electron chi connectivity index (χ2n) is 5.06. The minimum absolute atomic E-state index is 0.353. The van der Waals surface area contributed by atoms with Gasteiger partial charge in [0.05, 0.1) is 5.69 Å². The predicted molar refractivity (Wildman–Crippen MR) is 79.0 cm³/mol. The highest BCUT2D eigenvalue weighted by Crippen LogP contribution is 2.19. The van der Waals surface area contributed by atoms with Gasteiger partial charge in [0.15, 0.2) is 0 Å². The van der Waals surface area contributed by atoms with Gasteiger partial charge in [-0.25, -0.2) is 0 Å². The van der Waals surface area contributed by atoms with Crippen LogP contribution in [0.25, 0.3) is 0 Å². The van der Waals surface area contributed by atoms with Gasteiger partial charge in [0.1, 0.15) is 4.99 Å². The normalized spacial score (nSPS) is 20.0. The standard InChI is InChI=1S/C13H20N4S/c1-16-6-4-10(8-16)9-17(2)11-3-5-15-12(7-11)13(14)18/h3,5,7,10H,4,6,8-9H2,1-2H3,(H2,14,18). The highest BCUT2D eigenvalue weighted by Gasteiger charge is 2.20. The van der Waals surface area contributed by atoms with Crippen LogP contribution in [0.3, 0.4) is 0 Å². The molecule has 2 heterocycles. The fraction of sp³-hybridized carbons (Fsp3) is 0.538. The molecule has 1 aromatic rings. The van der Waals surface area contributed by atoms with Gasteiger partial charge in [-0.3, -0.25) is 4.98 Å². The largest absolute Gasteiger partial charge is 0.388 e. The molecule has 1 unspecified atom stereocenters. The number of thiocarbonyl (C=S) groups is 1. The lowest BCUT2D eigenvalue weighted by Gasteiger charge is -2.23. The average Bonchev–Trinajstić information content (AvgIpc) is 2.75. The van der Waals surface area contributed by atoms with Crippen molar-refractivity contribution in [2.45, 2.75) is 6.42 Å². The van der Waals surface area contributed by atoms with Crippen molar-refractivity contribution in [2.75, 3.05) is 38.6 Å². The van der Waals surface area contributed by atoms with E-state index < -0.39 is 0 Å². The Balaban J connectivity index is 2.02. The highest BCUT2D eigenvalue weighted by atomic mass is 32.1. The van der Waals surface area contributed by atoms with Crippen molar-refractivity contribution >= 4 is 22.9 Å². The summed E-state index contributed by atoms with van der Waals surface area (Å²) in [4.78, 5) is 9.15. The van der Waals surface area contributed by atoms with Crippen LogP contribution < -0.4 is 10.6 Å². The van der Waals surface area contributed by atoms with Crippen molar-refractivity contribution in [1.82, 2.24) is 9.88 Å². The van der Waals surface area contributed by atoms with Crippen LogP contribution in [0.2, 0.25) is 0 Å². The van der Waals surface area contributed by atoms with Gasteiger partial charge in [0.25, 0.3) is 0 Å². The van der Waals surface area contributed by atoms with Crippen molar-refractivity contribution < 1.29 is 0 Å². The molecule has 0 aromatic carbocycles. The second-order valence-corrected chi connectivity index (χ2v) is 5.50. The predicted octanol–water partition coefficient (Wildman–Crippen LogP) is 1.10. The summed E-state index contributed by atoms with van der Waals surface area (Å²) in [5, 5.41) is 0. The fourth-order valence-corrected chi connectivity index (χ4v) is 2.57. The van der Waals surface area contributed by atoms with Gasteiger partial charge in [-0.2, -0.15) is 0 Å². The van der Waals surface area contributed by atoms with Gasteiger partial charge in [-0.15, -0.1) is 0 Å². The SMILES string of the molecule is CN1CCC(CN(C)c2ccnc(C(N)=S)c2)C1. The minimum Gasteiger partial charge on any atom is -0.388 e. The third-order valence-corrected chi connectivity index (χ3v) is 3.67. The van der Waals surface area contributed by atoms with E-state index in [1.165, 1.54) is 19.5 Å². The molecular formula is C13H20N4S. The summed E-state index contributed by atoms with van der Waals surface area (Å²) in [6.45, 7) is 3.44. The molecule has 1 fully saturated rings. The van der Waals surface area contributed by atoms with Crippen molar-refractivity contribution in [3.8, 4) is 0 Å². The molecule has 0 aliphatic carbocycles. The van der Waals surface area contributed by atoms with Crippen LogP contribution in [0.15, 0.2) is 18.3 Å². The number of anilines is 1. The molecule has 18 heavy (non-hydrogen) atoms. The Morgan fingerprint density at radius 3 is 3.06 bits per heavy atom. The topological polar surface area (TPSA) is 45.4 Å². The number of likely N-dealkylation sites (tertiary alicyclic amines) is 1. The van der Waals surface area contributed by atoms with E-state index in [2.05, 4.69) is 28.9 Å². The summed E-state index contributed by atoms with van der Waals surface area (Å²) in [6, 6.07) is 3.96. The molecule has 98 valence electrons. The smallest absolute Gasteiger partial charge is 0.122 e. The lowest BCUT2D eigenvalue weighted by atomic mass is 10.1. The number of pyridine rings is 1. The fourth-order valence-electron chi connectivity index (χ4n) is 2.46. The van der Waals surface area contributed by atoms with E-state index in [4.69, 9.17) is 18.0 Å². The summed E-state index contributed by atoms with van der Waals surface area (Å²) in [5.41, 5.74) is 7.43. The monoisotopic (exact) mass is 264 g/mol. The van der Waals surface area contributed by atoms with Crippen molar-refractivity contribution in [2.24, 2.45) is 11.7 Å². The molecule has 1 aromatic heterocycles. The van der Waals surface area contributed by atoms with Crippen molar-refractivity contribution in [1.29, 1.82) is 0 Å². The minimum atomic E-state index is 0.353. The summed E-state index contributed by atoms with van der Waals surface area (Å²) >= 11 is 4.96. The lowest BCUT2D eigenvalue weighted by Crippen LogP contribution is -2.27. The summed E-state index contributed by atoms with van der Waals surface area (Å²) in [5.74, 6) is 0.737. The van der Waals surface area contributed by atoms with Gasteiger partial charge in [-0.05, 0) is 38.1 Å². The van der Waals surface area contributed by atoms with Crippen LogP contribution in [0.5, 0.6) is 0 Å². The van der Waals surface area contributed by atoms with Crippen LogP contribution in [0.1, 0.15) is 12.1 Å². The summed E-state index contributed by atoms with van der Waals surface area (Å²) in [7, 11) is 4.29. The summed E-state index contributed by atoms with van der Waals surface area (Å²) < 4.78 is 0. The Labute approximate surface area is 114 Å². The molecule has 1 saturated heterocycles. The molecule has 2 rings (SSSR count). The second kappa shape index (κ2) is 5.63. The van der Waals surface area contributed by atoms with E-state index in [0.29, 0.717) is 10.7 Å². The van der Waals surface area contributed by atoms with Gasteiger partial charge in [0.2, 0.25) is 0 Å². The quantitative estimate of drug-likeness (QED) is 0.825. The zero-order valence-electron chi connectivity index (χ0n) is 11.0. The molecule has 0 amide bonds. The average molecular weight is 264 g/mol.